The van der Waals surface area contributed by atoms with Crippen LogP contribution < -0.4 is 0 Å². The van der Waals surface area contributed by atoms with Crippen LogP contribution in [0.25, 0.3) is 10.8 Å². The normalized spacial score (nSPS) is 10.9. The SMILES string of the molecule is CCCCCCCCc1nccc2ccccc12. The Hall–Kier alpha value is -1.37. The molecule has 18 heavy (non-hydrogen) atoms. The smallest absolute Gasteiger partial charge is 0.0481 e. The van der Waals surface area contributed by atoms with Crippen molar-refractivity contribution in [1.29, 1.82) is 0 Å². The lowest BCUT2D eigenvalue weighted by Crippen LogP contribution is -1.92. The minimum Gasteiger partial charge on any atom is -0.261 e. The van der Waals surface area contributed by atoms with E-state index in [9.17, 15) is 0 Å². The van der Waals surface area contributed by atoms with Gasteiger partial charge in [-0.25, -0.2) is 0 Å². The number of nitrogens with zero attached hydrogens (tertiary/aromatic N) is 1. The van der Waals surface area contributed by atoms with E-state index >= 15 is 0 Å². The predicted octanol–water partition coefficient (Wildman–Crippen LogP) is 5.14. The molecule has 0 radical (unpaired) electrons. The molecule has 1 nitrogen and oxygen atoms in total. The lowest BCUT2D eigenvalue weighted by atomic mass is 10.0. The zero-order chi connectivity index (χ0) is 12.6. The number of rotatable bonds is 7. The Morgan fingerprint density at radius 1 is 0.889 bits per heavy atom. The molecule has 0 aliphatic rings. The van der Waals surface area contributed by atoms with Gasteiger partial charge in [0.15, 0.2) is 0 Å². The van der Waals surface area contributed by atoms with Crippen molar-refractivity contribution in [3.05, 3.63) is 42.2 Å². The van der Waals surface area contributed by atoms with Crippen LogP contribution >= 0.6 is 0 Å². The second-order valence-corrected chi connectivity index (χ2v) is 5.00. The van der Waals surface area contributed by atoms with Crippen molar-refractivity contribution in [2.45, 2.75) is 51.9 Å². The molecule has 1 aromatic carbocycles. The van der Waals surface area contributed by atoms with Gasteiger partial charge < -0.3 is 0 Å². The number of unbranched alkanes of at least 4 members (excludes halogenated alkanes) is 5. The molecule has 2 aromatic rings. The van der Waals surface area contributed by atoms with Gasteiger partial charge in [0, 0.05) is 17.3 Å². The van der Waals surface area contributed by atoms with Crippen molar-refractivity contribution in [3.8, 4) is 0 Å². The first-order valence-electron chi connectivity index (χ1n) is 7.24. The van der Waals surface area contributed by atoms with Crippen molar-refractivity contribution in [2.75, 3.05) is 0 Å². The van der Waals surface area contributed by atoms with E-state index in [4.69, 9.17) is 0 Å². The van der Waals surface area contributed by atoms with Crippen LogP contribution in [0.4, 0.5) is 0 Å². The Bertz CT molecular complexity index is 470. The van der Waals surface area contributed by atoms with Crippen LogP contribution in [-0.4, -0.2) is 4.98 Å². The van der Waals surface area contributed by atoms with E-state index in [-0.39, 0.29) is 0 Å². The molecule has 0 fully saturated rings. The molecule has 0 bridgehead atoms. The van der Waals surface area contributed by atoms with E-state index in [0.717, 1.165) is 6.42 Å². The summed E-state index contributed by atoms with van der Waals surface area (Å²) in [7, 11) is 0. The van der Waals surface area contributed by atoms with E-state index in [2.05, 4.69) is 42.2 Å². The van der Waals surface area contributed by atoms with E-state index < -0.39 is 0 Å². The van der Waals surface area contributed by atoms with Gasteiger partial charge in [0.2, 0.25) is 0 Å². The van der Waals surface area contributed by atoms with Gasteiger partial charge in [-0.3, -0.25) is 4.98 Å². The number of fused-ring (bicyclic) bond motifs is 1. The molecule has 0 amide bonds. The number of aryl methyl sites for hydroxylation is 1. The highest BCUT2D eigenvalue weighted by Gasteiger charge is 2.01. The summed E-state index contributed by atoms with van der Waals surface area (Å²) >= 11 is 0. The second kappa shape index (κ2) is 7.15. The second-order valence-electron chi connectivity index (χ2n) is 5.00. The average molecular weight is 241 g/mol. The largest absolute Gasteiger partial charge is 0.261 e. The van der Waals surface area contributed by atoms with Gasteiger partial charge in [0.1, 0.15) is 0 Å². The van der Waals surface area contributed by atoms with E-state index in [1.54, 1.807) is 0 Å². The van der Waals surface area contributed by atoms with Crippen LogP contribution in [0.1, 0.15) is 51.1 Å². The lowest BCUT2D eigenvalue weighted by Gasteiger charge is -2.05. The molecular weight excluding hydrogens is 218 g/mol. The van der Waals surface area contributed by atoms with Gasteiger partial charge in [-0.05, 0) is 24.3 Å². The molecule has 0 N–H and O–H groups in total. The van der Waals surface area contributed by atoms with Gasteiger partial charge in [0.05, 0.1) is 0 Å². The van der Waals surface area contributed by atoms with Crippen LogP contribution in [-0.2, 0) is 6.42 Å². The minimum atomic E-state index is 1.12. The number of hydrogen-bond donors (Lipinski definition) is 0. The molecule has 2 rings (SSSR count). The summed E-state index contributed by atoms with van der Waals surface area (Å²) in [4.78, 5) is 4.54. The maximum absolute atomic E-state index is 4.54. The molecule has 0 aliphatic heterocycles. The summed E-state index contributed by atoms with van der Waals surface area (Å²) in [5, 5.41) is 2.64. The minimum absolute atomic E-state index is 1.12. The Morgan fingerprint density at radius 2 is 1.67 bits per heavy atom. The summed E-state index contributed by atoms with van der Waals surface area (Å²) in [6, 6.07) is 10.7. The molecule has 1 heteroatoms. The van der Waals surface area contributed by atoms with E-state index in [1.165, 1.54) is 55.0 Å². The van der Waals surface area contributed by atoms with Crippen molar-refractivity contribution >= 4 is 10.8 Å². The topological polar surface area (TPSA) is 12.9 Å². The molecule has 96 valence electrons. The lowest BCUT2D eigenvalue weighted by molar-refractivity contribution is 0.605. The number of aromatic nitrogens is 1. The maximum Gasteiger partial charge on any atom is 0.0481 e. The highest BCUT2D eigenvalue weighted by atomic mass is 14.7. The Kier molecular flexibility index (Phi) is 5.19. The third kappa shape index (κ3) is 3.56. The summed E-state index contributed by atoms with van der Waals surface area (Å²) in [5.74, 6) is 0. The maximum atomic E-state index is 4.54. The van der Waals surface area contributed by atoms with Gasteiger partial charge >= 0.3 is 0 Å². The first-order chi connectivity index (χ1) is 8.92. The molecule has 0 saturated heterocycles. The van der Waals surface area contributed by atoms with E-state index in [1.807, 2.05) is 6.20 Å². The molecule has 0 atom stereocenters. The molecule has 0 spiro atoms. The van der Waals surface area contributed by atoms with Crippen LogP contribution in [0.15, 0.2) is 36.5 Å². The highest BCUT2D eigenvalue weighted by molar-refractivity contribution is 5.84. The Labute approximate surface area is 110 Å². The number of hydrogen-bond acceptors (Lipinski definition) is 1. The molecule has 1 heterocycles. The Balaban J connectivity index is 1.88. The summed E-state index contributed by atoms with van der Waals surface area (Å²) < 4.78 is 0. The van der Waals surface area contributed by atoms with Crippen molar-refractivity contribution in [1.82, 2.24) is 4.98 Å². The molecule has 0 aliphatic carbocycles. The van der Waals surface area contributed by atoms with Crippen LogP contribution in [0, 0.1) is 0 Å². The van der Waals surface area contributed by atoms with Crippen molar-refractivity contribution < 1.29 is 0 Å². The Morgan fingerprint density at radius 3 is 2.56 bits per heavy atom. The average Bonchev–Trinajstić information content (AvgIpc) is 2.43. The van der Waals surface area contributed by atoms with Crippen LogP contribution in [0.2, 0.25) is 0 Å². The zero-order valence-corrected chi connectivity index (χ0v) is 11.4. The third-order valence-electron chi connectivity index (χ3n) is 3.52. The van der Waals surface area contributed by atoms with E-state index in [0.29, 0.717) is 0 Å². The van der Waals surface area contributed by atoms with Gasteiger partial charge in [-0.1, -0.05) is 63.3 Å². The van der Waals surface area contributed by atoms with Gasteiger partial charge in [-0.2, -0.15) is 0 Å². The number of pyridine rings is 1. The molecular formula is C17H23N. The zero-order valence-electron chi connectivity index (χ0n) is 11.4. The standard InChI is InChI=1S/C17H23N/c1-2-3-4-5-6-7-12-17-16-11-9-8-10-15(16)13-14-18-17/h8-11,13-14H,2-7,12H2,1H3. The third-order valence-corrected chi connectivity index (χ3v) is 3.52. The molecule has 0 saturated carbocycles. The first kappa shape index (κ1) is 13.1. The summed E-state index contributed by atoms with van der Waals surface area (Å²) in [5.41, 5.74) is 1.27. The van der Waals surface area contributed by atoms with Gasteiger partial charge in [-0.15, -0.1) is 0 Å². The quantitative estimate of drug-likeness (QED) is 0.612. The fraction of sp³-hybridized carbons (Fsp3) is 0.471. The fourth-order valence-corrected chi connectivity index (χ4v) is 2.45. The number of benzene rings is 1. The fourth-order valence-electron chi connectivity index (χ4n) is 2.45. The van der Waals surface area contributed by atoms with Crippen LogP contribution in [0.3, 0.4) is 0 Å². The summed E-state index contributed by atoms with van der Waals surface area (Å²) in [6.07, 6.45) is 11.1. The van der Waals surface area contributed by atoms with Crippen molar-refractivity contribution in [3.63, 3.8) is 0 Å². The monoisotopic (exact) mass is 241 g/mol. The van der Waals surface area contributed by atoms with Crippen LogP contribution in [0.5, 0.6) is 0 Å². The molecule has 1 aromatic heterocycles. The predicted molar refractivity (Wildman–Crippen MR) is 78.8 cm³/mol. The summed E-state index contributed by atoms with van der Waals surface area (Å²) in [6.45, 7) is 2.26. The molecule has 0 unspecified atom stereocenters. The van der Waals surface area contributed by atoms with Crippen molar-refractivity contribution in [2.24, 2.45) is 0 Å². The highest BCUT2D eigenvalue weighted by Crippen LogP contribution is 2.18. The first-order valence-corrected chi connectivity index (χ1v) is 7.24. The van der Waals surface area contributed by atoms with Gasteiger partial charge in [0.25, 0.3) is 0 Å².